The molecule has 1 heterocycles. The molecule has 0 amide bonds. The quantitative estimate of drug-likeness (QED) is 0.912. The minimum absolute atomic E-state index is 0.141. The highest BCUT2D eigenvalue weighted by molar-refractivity contribution is 7.10. The summed E-state index contributed by atoms with van der Waals surface area (Å²) in [5.74, 6) is 0.810. The SMILES string of the molecule is CNC(c1cccs1)c1ccc(Cl)cc1OC. The second-order valence-electron chi connectivity index (χ2n) is 3.62. The first kappa shape index (κ1) is 12.4. The zero-order valence-electron chi connectivity index (χ0n) is 9.74. The van der Waals surface area contributed by atoms with E-state index in [1.54, 1.807) is 18.4 Å². The van der Waals surface area contributed by atoms with Gasteiger partial charge in [0.15, 0.2) is 0 Å². The number of halogens is 1. The van der Waals surface area contributed by atoms with Gasteiger partial charge in [0.25, 0.3) is 0 Å². The lowest BCUT2D eigenvalue weighted by molar-refractivity contribution is 0.406. The van der Waals surface area contributed by atoms with Gasteiger partial charge in [0.05, 0.1) is 13.2 Å². The Bertz CT molecular complexity index is 484. The molecule has 1 N–H and O–H groups in total. The van der Waals surface area contributed by atoms with E-state index in [1.807, 2.05) is 31.3 Å². The number of rotatable bonds is 4. The molecule has 0 saturated heterocycles. The third-order valence-electron chi connectivity index (χ3n) is 2.62. The average molecular weight is 268 g/mol. The van der Waals surface area contributed by atoms with Crippen molar-refractivity contribution in [1.29, 1.82) is 0 Å². The molecule has 0 bridgehead atoms. The van der Waals surface area contributed by atoms with Crippen LogP contribution in [-0.2, 0) is 0 Å². The van der Waals surface area contributed by atoms with Gasteiger partial charge in [0, 0.05) is 15.5 Å². The third kappa shape index (κ3) is 2.63. The van der Waals surface area contributed by atoms with Crippen LogP contribution < -0.4 is 10.1 Å². The molecule has 90 valence electrons. The molecular formula is C13H14ClNOS. The van der Waals surface area contributed by atoms with Gasteiger partial charge < -0.3 is 10.1 Å². The smallest absolute Gasteiger partial charge is 0.125 e. The number of thiophene rings is 1. The third-order valence-corrected chi connectivity index (χ3v) is 3.80. The maximum atomic E-state index is 5.97. The second-order valence-corrected chi connectivity index (χ2v) is 5.04. The maximum Gasteiger partial charge on any atom is 0.125 e. The maximum absolute atomic E-state index is 5.97. The van der Waals surface area contributed by atoms with Gasteiger partial charge in [-0.25, -0.2) is 0 Å². The number of hydrogen-bond acceptors (Lipinski definition) is 3. The monoisotopic (exact) mass is 267 g/mol. The fourth-order valence-electron chi connectivity index (χ4n) is 1.83. The minimum Gasteiger partial charge on any atom is -0.496 e. The molecule has 1 aromatic carbocycles. The van der Waals surface area contributed by atoms with Crippen LogP contribution in [0.1, 0.15) is 16.5 Å². The van der Waals surface area contributed by atoms with Gasteiger partial charge in [0.1, 0.15) is 5.75 Å². The Kier molecular flexibility index (Phi) is 4.05. The van der Waals surface area contributed by atoms with Gasteiger partial charge in [-0.05, 0) is 30.6 Å². The zero-order valence-corrected chi connectivity index (χ0v) is 11.3. The van der Waals surface area contributed by atoms with Gasteiger partial charge in [-0.15, -0.1) is 11.3 Å². The first-order valence-electron chi connectivity index (χ1n) is 5.30. The Labute approximate surface area is 110 Å². The molecule has 2 aromatic rings. The van der Waals surface area contributed by atoms with Crippen molar-refractivity contribution in [2.75, 3.05) is 14.2 Å². The molecule has 0 aliphatic heterocycles. The summed E-state index contributed by atoms with van der Waals surface area (Å²) in [5, 5.41) is 6.06. The van der Waals surface area contributed by atoms with Crippen molar-refractivity contribution >= 4 is 22.9 Å². The number of hydrogen-bond donors (Lipinski definition) is 1. The van der Waals surface area contributed by atoms with Gasteiger partial charge >= 0.3 is 0 Å². The summed E-state index contributed by atoms with van der Waals surface area (Å²) in [6.07, 6.45) is 0. The lowest BCUT2D eigenvalue weighted by Crippen LogP contribution is -2.17. The van der Waals surface area contributed by atoms with E-state index in [9.17, 15) is 0 Å². The van der Waals surface area contributed by atoms with Crippen LogP contribution >= 0.6 is 22.9 Å². The second kappa shape index (κ2) is 5.54. The van der Waals surface area contributed by atoms with E-state index in [2.05, 4.69) is 16.8 Å². The Morgan fingerprint density at radius 2 is 2.18 bits per heavy atom. The van der Waals surface area contributed by atoms with E-state index < -0.39 is 0 Å². The van der Waals surface area contributed by atoms with Crippen molar-refractivity contribution in [3.8, 4) is 5.75 Å². The Morgan fingerprint density at radius 1 is 1.35 bits per heavy atom. The summed E-state index contributed by atoms with van der Waals surface area (Å²) in [6.45, 7) is 0. The predicted octanol–water partition coefficient (Wildman–Crippen LogP) is 3.72. The van der Waals surface area contributed by atoms with Gasteiger partial charge in [0.2, 0.25) is 0 Å². The fraction of sp³-hybridized carbons (Fsp3) is 0.231. The summed E-state index contributed by atoms with van der Waals surface area (Å²) >= 11 is 7.69. The first-order chi connectivity index (χ1) is 8.26. The highest BCUT2D eigenvalue weighted by atomic mass is 35.5. The van der Waals surface area contributed by atoms with Crippen LogP contribution in [0.2, 0.25) is 5.02 Å². The van der Waals surface area contributed by atoms with E-state index in [-0.39, 0.29) is 6.04 Å². The van der Waals surface area contributed by atoms with E-state index in [4.69, 9.17) is 16.3 Å². The Morgan fingerprint density at radius 3 is 2.76 bits per heavy atom. The molecular weight excluding hydrogens is 254 g/mol. The molecule has 0 aliphatic rings. The van der Waals surface area contributed by atoms with Crippen molar-refractivity contribution < 1.29 is 4.74 Å². The van der Waals surface area contributed by atoms with Crippen LogP contribution in [0.5, 0.6) is 5.75 Å². The van der Waals surface area contributed by atoms with Crippen molar-refractivity contribution in [3.63, 3.8) is 0 Å². The summed E-state index contributed by atoms with van der Waals surface area (Å²) in [7, 11) is 3.61. The molecule has 0 saturated carbocycles. The Hall–Kier alpha value is -1.03. The minimum atomic E-state index is 0.141. The molecule has 1 atom stereocenters. The number of methoxy groups -OCH3 is 1. The van der Waals surface area contributed by atoms with Crippen LogP contribution in [0.15, 0.2) is 35.7 Å². The van der Waals surface area contributed by atoms with E-state index in [0.717, 1.165) is 11.3 Å². The first-order valence-corrected chi connectivity index (χ1v) is 6.56. The molecule has 1 aromatic heterocycles. The van der Waals surface area contributed by atoms with Crippen LogP contribution in [-0.4, -0.2) is 14.2 Å². The van der Waals surface area contributed by atoms with Gasteiger partial charge in [-0.2, -0.15) is 0 Å². The lowest BCUT2D eigenvalue weighted by Gasteiger charge is -2.18. The molecule has 2 rings (SSSR count). The van der Waals surface area contributed by atoms with Crippen molar-refractivity contribution in [2.45, 2.75) is 6.04 Å². The molecule has 0 radical (unpaired) electrons. The molecule has 0 spiro atoms. The normalized spacial score (nSPS) is 12.4. The summed E-state index contributed by atoms with van der Waals surface area (Å²) in [6, 6.07) is 10.0. The van der Waals surface area contributed by atoms with Crippen LogP contribution in [0.4, 0.5) is 0 Å². The van der Waals surface area contributed by atoms with E-state index >= 15 is 0 Å². The molecule has 4 heteroatoms. The highest BCUT2D eigenvalue weighted by Crippen LogP contribution is 2.33. The van der Waals surface area contributed by atoms with Gasteiger partial charge in [-0.3, -0.25) is 0 Å². The summed E-state index contributed by atoms with van der Waals surface area (Å²) in [4.78, 5) is 1.26. The van der Waals surface area contributed by atoms with Crippen molar-refractivity contribution in [2.24, 2.45) is 0 Å². The molecule has 0 aliphatic carbocycles. The van der Waals surface area contributed by atoms with Crippen LogP contribution in [0.3, 0.4) is 0 Å². The van der Waals surface area contributed by atoms with E-state index in [0.29, 0.717) is 5.02 Å². The summed E-state index contributed by atoms with van der Waals surface area (Å²) < 4.78 is 5.39. The predicted molar refractivity (Wildman–Crippen MR) is 73.2 cm³/mol. The van der Waals surface area contributed by atoms with Crippen molar-refractivity contribution in [1.82, 2.24) is 5.32 Å². The Balaban J connectivity index is 2.44. The average Bonchev–Trinajstić information content (AvgIpc) is 2.85. The fourth-order valence-corrected chi connectivity index (χ4v) is 2.84. The van der Waals surface area contributed by atoms with Crippen molar-refractivity contribution in [3.05, 3.63) is 51.2 Å². The lowest BCUT2D eigenvalue weighted by atomic mass is 10.0. The molecule has 1 unspecified atom stereocenters. The summed E-state index contributed by atoms with van der Waals surface area (Å²) in [5.41, 5.74) is 1.10. The van der Waals surface area contributed by atoms with Crippen LogP contribution in [0.25, 0.3) is 0 Å². The molecule has 17 heavy (non-hydrogen) atoms. The largest absolute Gasteiger partial charge is 0.496 e. The number of ether oxygens (including phenoxy) is 1. The topological polar surface area (TPSA) is 21.3 Å². The zero-order chi connectivity index (χ0) is 12.3. The molecule has 2 nitrogen and oxygen atoms in total. The van der Waals surface area contributed by atoms with E-state index in [1.165, 1.54) is 4.88 Å². The molecule has 0 fully saturated rings. The number of nitrogens with one attached hydrogen (secondary N) is 1. The number of benzene rings is 1. The highest BCUT2D eigenvalue weighted by Gasteiger charge is 2.17. The standard InChI is InChI=1S/C13H14ClNOS/c1-15-13(12-4-3-7-17-12)10-6-5-9(14)8-11(10)16-2/h3-8,13,15H,1-2H3. The van der Waals surface area contributed by atoms with Crippen LogP contribution in [0, 0.1) is 0 Å². The van der Waals surface area contributed by atoms with Gasteiger partial charge in [-0.1, -0.05) is 23.7 Å².